The van der Waals surface area contributed by atoms with Crippen LogP contribution in [0.2, 0.25) is 0 Å². The Balaban J connectivity index is 2.47. The molecule has 0 aliphatic heterocycles. The number of carbonyl (C=O) groups is 1. The molecular weight excluding hydrogens is 304 g/mol. The Bertz CT molecular complexity index is 409. The van der Waals surface area contributed by atoms with Gasteiger partial charge in [-0.1, -0.05) is 41.4 Å². The average molecular weight is 327 g/mol. The first-order valence-electron chi connectivity index (χ1n) is 6.83. The van der Waals surface area contributed by atoms with Crippen molar-refractivity contribution in [2.45, 2.75) is 45.7 Å². The van der Waals surface area contributed by atoms with Crippen molar-refractivity contribution in [3.05, 3.63) is 34.3 Å². The zero-order chi connectivity index (χ0) is 14.3. The van der Waals surface area contributed by atoms with Gasteiger partial charge in [0.1, 0.15) is 0 Å². The highest BCUT2D eigenvalue weighted by atomic mass is 79.9. The molecule has 106 valence electrons. The predicted molar refractivity (Wildman–Crippen MR) is 83.1 cm³/mol. The number of amides is 1. The molecule has 19 heavy (non-hydrogen) atoms. The molecule has 0 aliphatic carbocycles. The van der Waals surface area contributed by atoms with Crippen LogP contribution in [0.4, 0.5) is 0 Å². The van der Waals surface area contributed by atoms with Crippen LogP contribution in [-0.4, -0.2) is 18.5 Å². The van der Waals surface area contributed by atoms with Gasteiger partial charge < -0.3 is 5.32 Å². The largest absolute Gasteiger partial charge is 0.355 e. The van der Waals surface area contributed by atoms with Gasteiger partial charge in [-0.15, -0.1) is 0 Å². The molecule has 0 aliphatic rings. The van der Waals surface area contributed by atoms with Crippen LogP contribution in [0.15, 0.2) is 28.7 Å². The van der Waals surface area contributed by atoms with Gasteiger partial charge in [0.2, 0.25) is 5.91 Å². The van der Waals surface area contributed by atoms with E-state index in [-0.39, 0.29) is 18.0 Å². The van der Waals surface area contributed by atoms with Gasteiger partial charge in [-0.25, -0.2) is 0 Å². The molecular formula is C15H23BrN2O. The fourth-order valence-corrected chi connectivity index (χ4v) is 2.28. The van der Waals surface area contributed by atoms with Crippen molar-refractivity contribution < 1.29 is 4.79 Å². The predicted octanol–water partition coefficient (Wildman–Crippen LogP) is 3.40. The first-order chi connectivity index (χ1) is 9.04. The molecule has 0 heterocycles. The van der Waals surface area contributed by atoms with Crippen LogP contribution in [-0.2, 0) is 4.79 Å². The van der Waals surface area contributed by atoms with E-state index in [0.717, 1.165) is 23.9 Å². The van der Waals surface area contributed by atoms with Crippen molar-refractivity contribution in [3.8, 4) is 0 Å². The summed E-state index contributed by atoms with van der Waals surface area (Å²) < 4.78 is 1.05. The Morgan fingerprint density at radius 1 is 1.37 bits per heavy atom. The Kier molecular flexibility index (Phi) is 7.10. The Labute approximate surface area is 124 Å². The van der Waals surface area contributed by atoms with Crippen molar-refractivity contribution in [3.63, 3.8) is 0 Å². The van der Waals surface area contributed by atoms with Crippen LogP contribution >= 0.6 is 15.9 Å². The molecule has 1 amide bonds. The Morgan fingerprint density at radius 2 is 2.11 bits per heavy atom. The number of hydrogen-bond donors (Lipinski definition) is 2. The van der Waals surface area contributed by atoms with Crippen LogP contribution in [0.25, 0.3) is 0 Å². The zero-order valence-electron chi connectivity index (χ0n) is 11.9. The third kappa shape index (κ3) is 5.74. The molecule has 0 fully saturated rings. The summed E-state index contributed by atoms with van der Waals surface area (Å²) >= 11 is 3.46. The van der Waals surface area contributed by atoms with Crippen molar-refractivity contribution in [2.75, 3.05) is 6.54 Å². The van der Waals surface area contributed by atoms with Crippen molar-refractivity contribution >= 4 is 21.8 Å². The maximum Gasteiger partial charge on any atom is 0.236 e. The number of halogens is 1. The Hall–Kier alpha value is -0.870. The summed E-state index contributed by atoms with van der Waals surface area (Å²) in [7, 11) is 0. The van der Waals surface area contributed by atoms with E-state index in [1.807, 2.05) is 19.1 Å². The molecule has 0 spiro atoms. The number of carbonyl (C=O) groups excluding carboxylic acids is 1. The van der Waals surface area contributed by atoms with Crippen LogP contribution in [0.3, 0.4) is 0 Å². The quantitative estimate of drug-likeness (QED) is 0.754. The van der Waals surface area contributed by atoms with Gasteiger partial charge >= 0.3 is 0 Å². The molecule has 0 saturated heterocycles. The van der Waals surface area contributed by atoms with Crippen molar-refractivity contribution in [1.29, 1.82) is 0 Å². The normalized spacial score (nSPS) is 13.9. The van der Waals surface area contributed by atoms with E-state index in [1.54, 1.807) is 0 Å². The van der Waals surface area contributed by atoms with Crippen LogP contribution in [0.5, 0.6) is 0 Å². The number of unbranched alkanes of at least 4 members (excludes halogenated alkanes) is 1. The van der Waals surface area contributed by atoms with E-state index in [0.29, 0.717) is 0 Å². The number of nitrogens with one attached hydrogen (secondary N) is 2. The third-order valence-electron chi connectivity index (χ3n) is 3.07. The minimum Gasteiger partial charge on any atom is -0.355 e. The van der Waals surface area contributed by atoms with E-state index in [2.05, 4.69) is 52.5 Å². The SMILES string of the molecule is CCCCNC(=O)C(C)N[C@H](C)c1cccc(Br)c1. The van der Waals surface area contributed by atoms with E-state index in [9.17, 15) is 4.79 Å². The van der Waals surface area contributed by atoms with E-state index in [1.165, 1.54) is 5.56 Å². The van der Waals surface area contributed by atoms with Gasteiger partial charge in [-0.05, 0) is 38.0 Å². The van der Waals surface area contributed by atoms with E-state index >= 15 is 0 Å². The van der Waals surface area contributed by atoms with Gasteiger partial charge in [0.05, 0.1) is 6.04 Å². The fraction of sp³-hybridized carbons (Fsp3) is 0.533. The summed E-state index contributed by atoms with van der Waals surface area (Å²) in [5.41, 5.74) is 1.17. The summed E-state index contributed by atoms with van der Waals surface area (Å²) in [4.78, 5) is 11.9. The summed E-state index contributed by atoms with van der Waals surface area (Å²) in [6, 6.07) is 8.08. The average Bonchev–Trinajstić information content (AvgIpc) is 2.38. The zero-order valence-corrected chi connectivity index (χ0v) is 13.5. The van der Waals surface area contributed by atoms with Gasteiger partial charge in [-0.2, -0.15) is 0 Å². The second kappa shape index (κ2) is 8.33. The lowest BCUT2D eigenvalue weighted by atomic mass is 10.1. The summed E-state index contributed by atoms with van der Waals surface area (Å²) in [6.45, 7) is 6.84. The van der Waals surface area contributed by atoms with Gasteiger partial charge in [0, 0.05) is 17.1 Å². The molecule has 0 saturated carbocycles. The van der Waals surface area contributed by atoms with E-state index < -0.39 is 0 Å². The topological polar surface area (TPSA) is 41.1 Å². The highest BCUT2D eigenvalue weighted by Gasteiger charge is 2.15. The minimum absolute atomic E-state index is 0.0651. The van der Waals surface area contributed by atoms with Gasteiger partial charge in [0.25, 0.3) is 0 Å². The molecule has 3 nitrogen and oxygen atoms in total. The summed E-state index contributed by atoms with van der Waals surface area (Å²) in [5.74, 6) is 0.0651. The molecule has 1 unspecified atom stereocenters. The molecule has 1 rings (SSSR count). The van der Waals surface area contributed by atoms with Crippen LogP contribution in [0, 0.1) is 0 Å². The monoisotopic (exact) mass is 326 g/mol. The highest BCUT2D eigenvalue weighted by Crippen LogP contribution is 2.18. The first kappa shape index (κ1) is 16.2. The molecule has 0 aromatic heterocycles. The second-order valence-electron chi connectivity index (χ2n) is 4.81. The second-order valence-corrected chi connectivity index (χ2v) is 5.73. The summed E-state index contributed by atoms with van der Waals surface area (Å²) in [5, 5.41) is 6.26. The number of hydrogen-bond acceptors (Lipinski definition) is 2. The van der Waals surface area contributed by atoms with Crippen LogP contribution < -0.4 is 10.6 Å². The van der Waals surface area contributed by atoms with E-state index in [4.69, 9.17) is 0 Å². The smallest absolute Gasteiger partial charge is 0.236 e. The van der Waals surface area contributed by atoms with Crippen LogP contribution in [0.1, 0.15) is 45.2 Å². The lowest BCUT2D eigenvalue weighted by Crippen LogP contribution is -2.43. The molecule has 2 N–H and O–H groups in total. The lowest BCUT2D eigenvalue weighted by molar-refractivity contribution is -0.122. The lowest BCUT2D eigenvalue weighted by Gasteiger charge is -2.20. The number of benzene rings is 1. The highest BCUT2D eigenvalue weighted by molar-refractivity contribution is 9.10. The molecule has 1 aromatic carbocycles. The molecule has 0 radical (unpaired) electrons. The minimum atomic E-state index is -0.189. The first-order valence-corrected chi connectivity index (χ1v) is 7.63. The fourth-order valence-electron chi connectivity index (χ4n) is 1.86. The maximum absolute atomic E-state index is 11.9. The molecule has 0 bridgehead atoms. The maximum atomic E-state index is 11.9. The standard InChI is InChI=1S/C15H23BrN2O/c1-4-5-9-17-15(19)12(3)18-11(2)13-7-6-8-14(16)10-13/h6-8,10-12,18H,4-5,9H2,1-3H3,(H,17,19)/t11-,12?/m1/s1. The summed E-state index contributed by atoms with van der Waals surface area (Å²) in [6.07, 6.45) is 2.12. The molecule has 1 aromatic rings. The van der Waals surface area contributed by atoms with Gasteiger partial charge in [0.15, 0.2) is 0 Å². The third-order valence-corrected chi connectivity index (χ3v) is 3.56. The van der Waals surface area contributed by atoms with Gasteiger partial charge in [-0.3, -0.25) is 10.1 Å². The van der Waals surface area contributed by atoms with Crippen molar-refractivity contribution in [2.24, 2.45) is 0 Å². The molecule has 2 atom stereocenters. The molecule has 4 heteroatoms. The number of rotatable bonds is 7. The van der Waals surface area contributed by atoms with Crippen molar-refractivity contribution in [1.82, 2.24) is 10.6 Å². The Morgan fingerprint density at radius 3 is 2.74 bits per heavy atom.